The van der Waals surface area contributed by atoms with Crippen LogP contribution in [0.5, 0.6) is 5.75 Å². The third-order valence-corrected chi connectivity index (χ3v) is 5.85. The van der Waals surface area contributed by atoms with Gasteiger partial charge in [-0.05, 0) is 67.8 Å². The number of halogens is 1. The van der Waals surface area contributed by atoms with Crippen LogP contribution in [0.3, 0.4) is 0 Å². The van der Waals surface area contributed by atoms with Gasteiger partial charge in [0.15, 0.2) is 5.76 Å². The first-order valence-corrected chi connectivity index (χ1v) is 11.7. The number of rotatable bonds is 9. The zero-order chi connectivity index (χ0) is 24.1. The predicted octanol–water partition coefficient (Wildman–Crippen LogP) is 6.58. The van der Waals surface area contributed by atoms with Crippen LogP contribution in [0.2, 0.25) is 5.02 Å². The number of amides is 1. The number of furan rings is 1. The number of hydrogen-bond donors (Lipinski definition) is 1. The maximum absolute atomic E-state index is 12.8. The summed E-state index contributed by atoms with van der Waals surface area (Å²) in [5.74, 6) is 1.24. The van der Waals surface area contributed by atoms with E-state index < -0.39 is 0 Å². The van der Waals surface area contributed by atoms with Crippen LogP contribution in [0.1, 0.15) is 52.2 Å². The Hall–Kier alpha value is -3.51. The molecular weight excluding hydrogens is 450 g/mol. The van der Waals surface area contributed by atoms with E-state index in [9.17, 15) is 4.79 Å². The highest BCUT2D eigenvalue weighted by Gasteiger charge is 2.18. The zero-order valence-electron chi connectivity index (χ0n) is 19.6. The van der Waals surface area contributed by atoms with Crippen molar-refractivity contribution in [1.82, 2.24) is 9.78 Å². The molecule has 34 heavy (non-hydrogen) atoms. The lowest BCUT2D eigenvalue weighted by Crippen LogP contribution is -2.12. The molecule has 6 nitrogen and oxygen atoms in total. The van der Waals surface area contributed by atoms with E-state index in [4.69, 9.17) is 20.8 Å². The van der Waals surface area contributed by atoms with E-state index in [1.807, 2.05) is 54.9 Å². The number of nitrogens with one attached hydrogen (secondary N) is 1. The summed E-state index contributed by atoms with van der Waals surface area (Å²) < 4.78 is 13.4. The Morgan fingerprint density at radius 2 is 1.74 bits per heavy atom. The minimum Gasteiger partial charge on any atom is -0.486 e. The summed E-state index contributed by atoms with van der Waals surface area (Å²) in [5.41, 5.74) is 4.64. The molecule has 2 aromatic heterocycles. The highest BCUT2D eigenvalue weighted by atomic mass is 35.5. The van der Waals surface area contributed by atoms with Gasteiger partial charge in [-0.2, -0.15) is 5.10 Å². The molecule has 0 bridgehead atoms. The van der Waals surface area contributed by atoms with E-state index in [2.05, 4.69) is 29.5 Å². The Bertz CT molecular complexity index is 1260. The standard InChI is InChI=1S/C27H28ClN3O3/c1-4-5-20-8-12-23(13-9-20)33-17-24-14-15-25(34-24)27(32)29-26-18(2)30-31(19(26)3)16-21-6-10-22(28)11-7-21/h6-15H,4-5,16-17H2,1-3H3,(H,29,32). The first kappa shape index (κ1) is 23.6. The van der Waals surface area contributed by atoms with Crippen LogP contribution in [-0.2, 0) is 19.6 Å². The largest absolute Gasteiger partial charge is 0.486 e. The van der Waals surface area contributed by atoms with Crippen LogP contribution >= 0.6 is 11.6 Å². The molecule has 0 aliphatic carbocycles. The Kier molecular flexibility index (Phi) is 7.38. The number of hydrogen-bond acceptors (Lipinski definition) is 4. The second-order valence-electron chi connectivity index (χ2n) is 8.23. The summed E-state index contributed by atoms with van der Waals surface area (Å²) in [6.07, 6.45) is 2.16. The van der Waals surface area contributed by atoms with Gasteiger partial charge in [0.1, 0.15) is 18.1 Å². The fourth-order valence-corrected chi connectivity index (χ4v) is 3.87. The molecular formula is C27H28ClN3O3. The van der Waals surface area contributed by atoms with Gasteiger partial charge in [-0.15, -0.1) is 0 Å². The molecule has 176 valence electrons. The Morgan fingerprint density at radius 1 is 1.03 bits per heavy atom. The molecule has 2 aromatic carbocycles. The van der Waals surface area contributed by atoms with E-state index >= 15 is 0 Å². The topological polar surface area (TPSA) is 69.3 Å². The van der Waals surface area contributed by atoms with Gasteiger partial charge in [-0.25, -0.2) is 0 Å². The van der Waals surface area contributed by atoms with Crippen molar-refractivity contribution in [2.24, 2.45) is 0 Å². The molecule has 1 amide bonds. The lowest BCUT2D eigenvalue weighted by atomic mass is 10.1. The van der Waals surface area contributed by atoms with Gasteiger partial charge < -0.3 is 14.5 Å². The molecule has 7 heteroatoms. The number of carbonyl (C=O) groups is 1. The molecule has 0 aliphatic rings. The molecule has 0 radical (unpaired) electrons. The van der Waals surface area contributed by atoms with Crippen molar-refractivity contribution in [1.29, 1.82) is 0 Å². The van der Waals surface area contributed by atoms with Crippen LogP contribution in [0, 0.1) is 13.8 Å². The number of anilines is 1. The molecule has 0 atom stereocenters. The fourth-order valence-electron chi connectivity index (χ4n) is 3.74. The number of aryl methyl sites for hydroxylation is 2. The van der Waals surface area contributed by atoms with Gasteiger partial charge in [0, 0.05) is 5.02 Å². The fraction of sp³-hybridized carbons (Fsp3) is 0.259. The van der Waals surface area contributed by atoms with E-state index in [0.29, 0.717) is 23.0 Å². The molecule has 0 aliphatic heterocycles. The summed E-state index contributed by atoms with van der Waals surface area (Å²) >= 11 is 5.97. The maximum atomic E-state index is 12.8. The minimum absolute atomic E-state index is 0.223. The number of aromatic nitrogens is 2. The molecule has 0 saturated heterocycles. The summed E-state index contributed by atoms with van der Waals surface area (Å²) in [7, 11) is 0. The molecule has 0 unspecified atom stereocenters. The van der Waals surface area contributed by atoms with Gasteiger partial charge in [0.05, 0.1) is 23.6 Å². The monoisotopic (exact) mass is 477 g/mol. The number of carbonyl (C=O) groups excluding carboxylic acids is 1. The first-order valence-electron chi connectivity index (χ1n) is 11.3. The number of ether oxygens (including phenoxy) is 1. The Morgan fingerprint density at radius 3 is 2.44 bits per heavy atom. The minimum atomic E-state index is -0.326. The highest BCUT2D eigenvalue weighted by Crippen LogP contribution is 2.23. The van der Waals surface area contributed by atoms with Gasteiger partial charge in [-0.3, -0.25) is 9.48 Å². The first-order chi connectivity index (χ1) is 16.4. The molecule has 0 spiro atoms. The molecule has 0 saturated carbocycles. The van der Waals surface area contributed by atoms with Crippen LogP contribution in [-0.4, -0.2) is 15.7 Å². The molecule has 2 heterocycles. The quantitative estimate of drug-likeness (QED) is 0.295. The third kappa shape index (κ3) is 5.69. The number of benzene rings is 2. The smallest absolute Gasteiger partial charge is 0.291 e. The van der Waals surface area contributed by atoms with Crippen molar-refractivity contribution in [3.05, 3.63) is 99.7 Å². The lowest BCUT2D eigenvalue weighted by molar-refractivity contribution is 0.0992. The average molecular weight is 478 g/mol. The van der Waals surface area contributed by atoms with Crippen LogP contribution in [0.4, 0.5) is 5.69 Å². The van der Waals surface area contributed by atoms with Crippen molar-refractivity contribution >= 4 is 23.2 Å². The van der Waals surface area contributed by atoms with Crippen molar-refractivity contribution < 1.29 is 13.9 Å². The van der Waals surface area contributed by atoms with E-state index in [0.717, 1.165) is 35.5 Å². The van der Waals surface area contributed by atoms with Crippen molar-refractivity contribution in [3.8, 4) is 5.75 Å². The van der Waals surface area contributed by atoms with Crippen molar-refractivity contribution in [2.75, 3.05) is 5.32 Å². The normalized spacial score (nSPS) is 10.9. The molecule has 4 aromatic rings. The maximum Gasteiger partial charge on any atom is 0.291 e. The number of nitrogens with zero attached hydrogens (tertiary/aromatic N) is 2. The van der Waals surface area contributed by atoms with Gasteiger partial charge >= 0.3 is 0 Å². The average Bonchev–Trinajstić information content (AvgIpc) is 3.41. The molecule has 1 N–H and O–H groups in total. The van der Waals surface area contributed by atoms with Gasteiger partial charge in [0.2, 0.25) is 0 Å². The highest BCUT2D eigenvalue weighted by molar-refractivity contribution is 6.30. The lowest BCUT2D eigenvalue weighted by Gasteiger charge is -2.07. The Balaban J connectivity index is 1.37. The molecule has 4 rings (SSSR count). The van der Waals surface area contributed by atoms with E-state index in [1.165, 1.54) is 5.56 Å². The van der Waals surface area contributed by atoms with Crippen molar-refractivity contribution in [3.63, 3.8) is 0 Å². The van der Waals surface area contributed by atoms with Crippen molar-refractivity contribution in [2.45, 2.75) is 46.8 Å². The zero-order valence-corrected chi connectivity index (χ0v) is 20.4. The summed E-state index contributed by atoms with van der Waals surface area (Å²) in [4.78, 5) is 12.8. The van der Waals surface area contributed by atoms with E-state index in [-0.39, 0.29) is 18.3 Å². The SMILES string of the molecule is CCCc1ccc(OCc2ccc(C(=O)Nc3c(C)nn(Cc4ccc(Cl)cc4)c3C)o2)cc1. The van der Waals surface area contributed by atoms with E-state index in [1.54, 1.807) is 12.1 Å². The summed E-state index contributed by atoms with van der Waals surface area (Å²) in [5, 5.41) is 8.21. The van der Waals surface area contributed by atoms with Crippen LogP contribution in [0.15, 0.2) is 65.1 Å². The second-order valence-corrected chi connectivity index (χ2v) is 8.67. The van der Waals surface area contributed by atoms with Gasteiger partial charge in [-0.1, -0.05) is 49.2 Å². The second kappa shape index (κ2) is 10.6. The van der Waals surface area contributed by atoms with Crippen LogP contribution < -0.4 is 10.1 Å². The van der Waals surface area contributed by atoms with Crippen LogP contribution in [0.25, 0.3) is 0 Å². The molecule has 0 fully saturated rings. The Labute approximate surface area is 204 Å². The summed E-state index contributed by atoms with van der Waals surface area (Å²) in [6.45, 7) is 6.79. The summed E-state index contributed by atoms with van der Waals surface area (Å²) in [6, 6.07) is 19.1. The third-order valence-electron chi connectivity index (χ3n) is 5.59. The predicted molar refractivity (Wildman–Crippen MR) is 134 cm³/mol. The van der Waals surface area contributed by atoms with Gasteiger partial charge in [0.25, 0.3) is 5.91 Å².